The van der Waals surface area contributed by atoms with Gasteiger partial charge in [-0.05, 0) is 37.0 Å². The number of hydrogen-bond donors (Lipinski definition) is 1. The summed E-state index contributed by atoms with van der Waals surface area (Å²) in [7, 11) is 0. The molecule has 0 fully saturated rings. The number of nitrogens with one attached hydrogen (secondary N) is 1. The quantitative estimate of drug-likeness (QED) is 0.795. The summed E-state index contributed by atoms with van der Waals surface area (Å²) in [5.74, 6) is 2.35. The van der Waals surface area contributed by atoms with E-state index < -0.39 is 5.79 Å². The molecule has 1 aromatic rings. The number of rotatable bonds is 6. The first-order valence-corrected chi connectivity index (χ1v) is 7.75. The van der Waals surface area contributed by atoms with Crippen LogP contribution in [0.2, 0.25) is 0 Å². The molecule has 1 aromatic carbocycles. The zero-order valence-electron chi connectivity index (χ0n) is 11.3. The van der Waals surface area contributed by atoms with Crippen LogP contribution in [0.1, 0.15) is 26.7 Å². The number of hydrogen-bond acceptors (Lipinski definition) is 4. The van der Waals surface area contributed by atoms with E-state index in [2.05, 4.69) is 11.6 Å². The third kappa shape index (κ3) is 3.48. The van der Waals surface area contributed by atoms with Gasteiger partial charge in [-0.2, -0.15) is 11.8 Å². The molecule has 100 valence electrons. The van der Waals surface area contributed by atoms with Gasteiger partial charge in [0.15, 0.2) is 11.5 Å². The van der Waals surface area contributed by atoms with E-state index in [0.29, 0.717) is 0 Å². The first kappa shape index (κ1) is 13.4. The third-order valence-electron chi connectivity index (χ3n) is 2.76. The van der Waals surface area contributed by atoms with Crippen molar-refractivity contribution in [3.8, 4) is 11.5 Å². The monoisotopic (exact) mass is 267 g/mol. The first-order valence-electron chi connectivity index (χ1n) is 6.36. The largest absolute Gasteiger partial charge is 0.449 e. The minimum atomic E-state index is -0.542. The van der Waals surface area contributed by atoms with E-state index in [1.807, 2.05) is 43.8 Å². The van der Waals surface area contributed by atoms with Gasteiger partial charge in [-0.3, -0.25) is 0 Å². The Labute approximate surface area is 113 Å². The predicted molar refractivity (Wildman–Crippen MR) is 77.9 cm³/mol. The number of ether oxygens (including phenoxy) is 2. The second-order valence-electron chi connectivity index (χ2n) is 4.89. The predicted octanol–water partition coefficient (Wildman–Crippen LogP) is 3.75. The second kappa shape index (κ2) is 5.74. The van der Waals surface area contributed by atoms with Gasteiger partial charge in [0.25, 0.3) is 0 Å². The Morgan fingerprint density at radius 2 is 1.94 bits per heavy atom. The average Bonchev–Trinajstić information content (AvgIpc) is 2.62. The molecule has 1 heterocycles. The van der Waals surface area contributed by atoms with E-state index in [1.54, 1.807) is 0 Å². The summed E-state index contributed by atoms with van der Waals surface area (Å²) in [6, 6.07) is 6.02. The van der Waals surface area contributed by atoms with Crippen molar-refractivity contribution in [2.75, 3.05) is 23.9 Å². The Bertz CT molecular complexity index is 407. The highest BCUT2D eigenvalue weighted by molar-refractivity contribution is 7.98. The van der Waals surface area contributed by atoms with Crippen LogP contribution in [0.3, 0.4) is 0 Å². The summed E-state index contributed by atoms with van der Waals surface area (Å²) in [5.41, 5.74) is 1.10. The first-order chi connectivity index (χ1) is 8.61. The van der Waals surface area contributed by atoms with Crippen LogP contribution in [-0.2, 0) is 0 Å². The number of anilines is 1. The molecule has 0 atom stereocenters. The van der Waals surface area contributed by atoms with Crippen molar-refractivity contribution in [2.24, 2.45) is 0 Å². The minimum absolute atomic E-state index is 0.542. The Balaban J connectivity index is 1.85. The molecule has 0 unspecified atom stereocenters. The van der Waals surface area contributed by atoms with Crippen LogP contribution >= 0.6 is 11.8 Å². The van der Waals surface area contributed by atoms with Crippen LogP contribution in [0.5, 0.6) is 11.5 Å². The standard InChI is InChI=1S/C14H21NO2S/c1-14(2)16-12-7-6-11(10-13(12)17-14)15-8-4-5-9-18-3/h6-7,10,15H,4-5,8-9H2,1-3H3. The topological polar surface area (TPSA) is 30.5 Å². The molecule has 18 heavy (non-hydrogen) atoms. The van der Waals surface area contributed by atoms with E-state index in [9.17, 15) is 0 Å². The van der Waals surface area contributed by atoms with Gasteiger partial charge in [-0.15, -0.1) is 0 Å². The van der Waals surface area contributed by atoms with Crippen LogP contribution in [0.15, 0.2) is 18.2 Å². The summed E-state index contributed by atoms with van der Waals surface area (Å²) in [6.07, 6.45) is 4.60. The lowest BCUT2D eigenvalue weighted by Crippen LogP contribution is -2.29. The summed E-state index contributed by atoms with van der Waals surface area (Å²) >= 11 is 1.90. The van der Waals surface area contributed by atoms with Crippen molar-refractivity contribution in [1.82, 2.24) is 0 Å². The van der Waals surface area contributed by atoms with Crippen LogP contribution in [0, 0.1) is 0 Å². The minimum Gasteiger partial charge on any atom is -0.449 e. The lowest BCUT2D eigenvalue weighted by Gasteiger charge is -2.16. The highest BCUT2D eigenvalue weighted by atomic mass is 32.2. The zero-order valence-corrected chi connectivity index (χ0v) is 12.1. The fourth-order valence-corrected chi connectivity index (χ4v) is 2.43. The molecule has 0 spiro atoms. The second-order valence-corrected chi connectivity index (χ2v) is 5.88. The highest BCUT2D eigenvalue weighted by Crippen LogP contribution is 2.40. The van der Waals surface area contributed by atoms with Crippen LogP contribution in [-0.4, -0.2) is 24.3 Å². The molecule has 1 N–H and O–H groups in total. The maximum absolute atomic E-state index is 5.71. The molecule has 0 radical (unpaired) electrons. The van der Waals surface area contributed by atoms with E-state index in [1.165, 1.54) is 18.6 Å². The Morgan fingerprint density at radius 3 is 2.72 bits per heavy atom. The van der Waals surface area contributed by atoms with Crippen molar-refractivity contribution in [2.45, 2.75) is 32.5 Å². The molecule has 0 amide bonds. The normalized spacial score (nSPS) is 15.7. The molecule has 0 saturated carbocycles. The average molecular weight is 267 g/mol. The molecule has 2 rings (SSSR count). The van der Waals surface area contributed by atoms with Crippen LogP contribution in [0.4, 0.5) is 5.69 Å². The Hall–Kier alpha value is -1.03. The van der Waals surface area contributed by atoms with E-state index >= 15 is 0 Å². The summed E-state index contributed by atoms with van der Waals surface area (Å²) in [4.78, 5) is 0. The summed E-state index contributed by atoms with van der Waals surface area (Å²) in [6.45, 7) is 4.84. The molecule has 4 heteroatoms. The van der Waals surface area contributed by atoms with Gasteiger partial charge in [0, 0.05) is 32.1 Å². The molecule has 0 aromatic heterocycles. The third-order valence-corrected chi connectivity index (χ3v) is 3.46. The zero-order chi connectivity index (χ0) is 13.0. The van der Waals surface area contributed by atoms with E-state index in [4.69, 9.17) is 9.47 Å². The number of fused-ring (bicyclic) bond motifs is 1. The van der Waals surface area contributed by atoms with Gasteiger partial charge in [0.2, 0.25) is 5.79 Å². The molecule has 0 saturated heterocycles. The van der Waals surface area contributed by atoms with Gasteiger partial charge in [0.05, 0.1) is 0 Å². The maximum atomic E-state index is 5.71. The maximum Gasteiger partial charge on any atom is 0.246 e. The number of benzene rings is 1. The van der Waals surface area contributed by atoms with Crippen molar-refractivity contribution in [1.29, 1.82) is 0 Å². The summed E-state index contributed by atoms with van der Waals surface area (Å²) < 4.78 is 11.4. The highest BCUT2D eigenvalue weighted by Gasteiger charge is 2.31. The van der Waals surface area contributed by atoms with Crippen LogP contribution < -0.4 is 14.8 Å². The smallest absolute Gasteiger partial charge is 0.246 e. The molecular weight excluding hydrogens is 246 g/mol. The van der Waals surface area contributed by atoms with Gasteiger partial charge in [0.1, 0.15) is 0 Å². The molecule has 1 aliphatic heterocycles. The lowest BCUT2D eigenvalue weighted by atomic mass is 10.2. The molecule has 3 nitrogen and oxygen atoms in total. The fourth-order valence-electron chi connectivity index (χ4n) is 1.94. The summed E-state index contributed by atoms with van der Waals surface area (Å²) in [5, 5.41) is 3.42. The van der Waals surface area contributed by atoms with Gasteiger partial charge in [-0.1, -0.05) is 0 Å². The van der Waals surface area contributed by atoms with Gasteiger partial charge >= 0.3 is 0 Å². The van der Waals surface area contributed by atoms with Crippen molar-refractivity contribution in [3.05, 3.63) is 18.2 Å². The molecule has 0 bridgehead atoms. The fraction of sp³-hybridized carbons (Fsp3) is 0.571. The number of thioether (sulfide) groups is 1. The molecule has 0 aliphatic carbocycles. The Morgan fingerprint density at radius 1 is 1.17 bits per heavy atom. The van der Waals surface area contributed by atoms with E-state index in [0.717, 1.165) is 23.7 Å². The van der Waals surface area contributed by atoms with Gasteiger partial charge < -0.3 is 14.8 Å². The molecular formula is C14H21NO2S. The van der Waals surface area contributed by atoms with Crippen LogP contribution in [0.25, 0.3) is 0 Å². The van der Waals surface area contributed by atoms with Gasteiger partial charge in [-0.25, -0.2) is 0 Å². The lowest BCUT2D eigenvalue weighted by molar-refractivity contribution is -0.0431. The van der Waals surface area contributed by atoms with Crippen molar-refractivity contribution in [3.63, 3.8) is 0 Å². The van der Waals surface area contributed by atoms with Crippen molar-refractivity contribution >= 4 is 17.4 Å². The number of unbranched alkanes of at least 4 members (excludes halogenated alkanes) is 1. The molecule has 1 aliphatic rings. The SMILES string of the molecule is CSCCCCNc1ccc2c(c1)OC(C)(C)O2. The van der Waals surface area contributed by atoms with Crippen molar-refractivity contribution < 1.29 is 9.47 Å². The van der Waals surface area contributed by atoms with E-state index in [-0.39, 0.29) is 0 Å². The Kier molecular flexibility index (Phi) is 4.27.